The molecule has 1 aliphatic carbocycles. The van der Waals surface area contributed by atoms with Crippen molar-refractivity contribution in [3.8, 4) is 11.1 Å². The van der Waals surface area contributed by atoms with Crippen LogP contribution in [-0.4, -0.2) is 0 Å². The van der Waals surface area contributed by atoms with E-state index in [0.717, 1.165) is 0 Å². The van der Waals surface area contributed by atoms with Gasteiger partial charge >= 0.3 is 0 Å². The first-order valence-corrected chi connectivity index (χ1v) is 7.82. The van der Waals surface area contributed by atoms with Crippen LogP contribution in [-0.2, 0) is 10.8 Å². The van der Waals surface area contributed by atoms with E-state index in [2.05, 4.69) is 84.4 Å². The Bertz CT molecular complexity index is 629. The molecular formula is C21H25. The van der Waals surface area contributed by atoms with Crippen molar-refractivity contribution >= 4 is 0 Å². The summed E-state index contributed by atoms with van der Waals surface area (Å²) in [6.45, 7) is 13.8. The molecule has 1 aliphatic rings. The summed E-state index contributed by atoms with van der Waals surface area (Å²) in [5.74, 6) is 0. The van der Waals surface area contributed by atoms with Crippen LogP contribution in [0.2, 0.25) is 0 Å². The highest BCUT2D eigenvalue weighted by Crippen LogP contribution is 2.45. The Morgan fingerprint density at radius 2 is 0.952 bits per heavy atom. The van der Waals surface area contributed by atoms with E-state index in [4.69, 9.17) is 0 Å². The fourth-order valence-corrected chi connectivity index (χ4v) is 3.36. The Labute approximate surface area is 129 Å². The van der Waals surface area contributed by atoms with Crippen LogP contribution in [0.4, 0.5) is 0 Å². The van der Waals surface area contributed by atoms with Gasteiger partial charge in [-0.15, -0.1) is 0 Å². The lowest BCUT2D eigenvalue weighted by Gasteiger charge is -2.23. The molecule has 21 heavy (non-hydrogen) atoms. The zero-order chi connectivity index (χ0) is 15.4. The standard InChI is InChI=1S/C21H25/c1-20(2,3)18-11-7-9-14-15-10-8-12-19(21(4,5)6)17(15)13-16(14)18/h7-13H,1-6H3. The van der Waals surface area contributed by atoms with Crippen LogP contribution in [0.25, 0.3) is 11.1 Å². The Hall–Kier alpha value is -1.56. The Kier molecular flexibility index (Phi) is 3.06. The van der Waals surface area contributed by atoms with Crippen LogP contribution in [0.5, 0.6) is 0 Å². The third-order valence-corrected chi connectivity index (χ3v) is 4.41. The highest BCUT2D eigenvalue weighted by molar-refractivity contribution is 5.84. The van der Waals surface area contributed by atoms with Crippen molar-refractivity contribution in [2.45, 2.75) is 52.4 Å². The quantitative estimate of drug-likeness (QED) is 0.482. The topological polar surface area (TPSA) is 0 Å². The Morgan fingerprint density at radius 3 is 1.29 bits per heavy atom. The molecule has 3 rings (SSSR count). The minimum absolute atomic E-state index is 0.172. The maximum Gasteiger partial charge on any atom is 0.0218 e. The monoisotopic (exact) mass is 277 g/mol. The summed E-state index contributed by atoms with van der Waals surface area (Å²) in [7, 11) is 0. The number of hydrogen-bond donors (Lipinski definition) is 0. The molecule has 0 atom stereocenters. The Balaban J connectivity index is 2.23. The van der Waals surface area contributed by atoms with Crippen molar-refractivity contribution in [1.29, 1.82) is 0 Å². The molecule has 1 radical (unpaired) electrons. The number of rotatable bonds is 0. The smallest absolute Gasteiger partial charge is 0.0218 e. The first-order chi connectivity index (χ1) is 9.69. The second-order valence-electron chi connectivity index (χ2n) is 8.18. The minimum Gasteiger partial charge on any atom is -0.0613 e. The zero-order valence-electron chi connectivity index (χ0n) is 14.0. The van der Waals surface area contributed by atoms with Crippen molar-refractivity contribution in [2.75, 3.05) is 0 Å². The molecule has 0 saturated carbocycles. The molecule has 0 N–H and O–H groups in total. The van der Waals surface area contributed by atoms with Gasteiger partial charge in [-0.1, -0.05) is 77.9 Å². The largest absolute Gasteiger partial charge is 0.0613 e. The molecular weight excluding hydrogens is 252 g/mol. The molecule has 2 aromatic rings. The van der Waals surface area contributed by atoms with Gasteiger partial charge in [0, 0.05) is 6.42 Å². The summed E-state index contributed by atoms with van der Waals surface area (Å²) in [6, 6.07) is 13.5. The summed E-state index contributed by atoms with van der Waals surface area (Å²) in [4.78, 5) is 0. The summed E-state index contributed by atoms with van der Waals surface area (Å²) in [5.41, 5.74) is 8.84. The van der Waals surface area contributed by atoms with E-state index >= 15 is 0 Å². The van der Waals surface area contributed by atoms with Crippen molar-refractivity contribution in [2.24, 2.45) is 0 Å². The molecule has 0 aliphatic heterocycles. The number of benzene rings is 2. The molecule has 0 fully saturated rings. The van der Waals surface area contributed by atoms with Crippen LogP contribution in [0.1, 0.15) is 63.8 Å². The summed E-state index contributed by atoms with van der Waals surface area (Å²) < 4.78 is 0. The van der Waals surface area contributed by atoms with E-state index in [1.54, 1.807) is 0 Å². The maximum atomic E-state index is 2.41. The predicted octanol–water partition coefficient (Wildman–Crippen LogP) is 5.86. The van der Waals surface area contributed by atoms with Crippen molar-refractivity contribution in [3.05, 3.63) is 65.1 Å². The van der Waals surface area contributed by atoms with E-state index < -0.39 is 0 Å². The van der Waals surface area contributed by atoms with Gasteiger partial charge in [-0.05, 0) is 44.2 Å². The fourth-order valence-electron chi connectivity index (χ4n) is 3.36. The molecule has 109 valence electrons. The number of fused-ring (bicyclic) bond motifs is 3. The van der Waals surface area contributed by atoms with Gasteiger partial charge in [0.2, 0.25) is 0 Å². The van der Waals surface area contributed by atoms with Gasteiger partial charge in [0.1, 0.15) is 0 Å². The molecule has 0 heteroatoms. The second kappa shape index (κ2) is 4.47. The highest BCUT2D eigenvalue weighted by atomic mass is 14.3. The van der Waals surface area contributed by atoms with E-state index in [1.807, 2.05) is 0 Å². The average molecular weight is 277 g/mol. The van der Waals surface area contributed by atoms with Gasteiger partial charge in [0.05, 0.1) is 0 Å². The van der Waals surface area contributed by atoms with E-state index in [1.165, 1.54) is 33.4 Å². The van der Waals surface area contributed by atoms with E-state index in [-0.39, 0.29) is 10.8 Å². The highest BCUT2D eigenvalue weighted by Gasteiger charge is 2.30. The molecule has 0 unspecified atom stereocenters. The molecule has 0 amide bonds. The van der Waals surface area contributed by atoms with Crippen LogP contribution >= 0.6 is 0 Å². The van der Waals surface area contributed by atoms with Crippen LogP contribution in [0, 0.1) is 6.42 Å². The maximum absolute atomic E-state index is 2.41. The zero-order valence-corrected chi connectivity index (χ0v) is 14.0. The molecule has 2 aromatic carbocycles. The SMILES string of the molecule is CC(C)(C)c1cccc2c1[CH]c1c-2cccc1C(C)(C)C. The average Bonchev–Trinajstić information content (AvgIpc) is 2.74. The van der Waals surface area contributed by atoms with Gasteiger partial charge in [0.25, 0.3) is 0 Å². The molecule has 0 saturated heterocycles. The first kappa shape index (κ1) is 14.4. The molecule has 0 heterocycles. The summed E-state index contributed by atoms with van der Waals surface area (Å²) >= 11 is 0. The van der Waals surface area contributed by atoms with Gasteiger partial charge in [-0.2, -0.15) is 0 Å². The predicted molar refractivity (Wildman–Crippen MR) is 91.8 cm³/mol. The lowest BCUT2D eigenvalue weighted by atomic mass is 9.81. The van der Waals surface area contributed by atoms with Crippen LogP contribution < -0.4 is 0 Å². The summed E-state index contributed by atoms with van der Waals surface area (Å²) in [6.07, 6.45) is 2.41. The van der Waals surface area contributed by atoms with Gasteiger partial charge in [-0.25, -0.2) is 0 Å². The van der Waals surface area contributed by atoms with Crippen molar-refractivity contribution in [3.63, 3.8) is 0 Å². The fraction of sp³-hybridized carbons (Fsp3) is 0.381. The van der Waals surface area contributed by atoms with Crippen molar-refractivity contribution < 1.29 is 0 Å². The molecule has 0 bridgehead atoms. The van der Waals surface area contributed by atoms with Crippen LogP contribution in [0.15, 0.2) is 36.4 Å². The normalized spacial score (nSPS) is 14.0. The van der Waals surface area contributed by atoms with Crippen molar-refractivity contribution in [1.82, 2.24) is 0 Å². The lowest BCUT2D eigenvalue weighted by molar-refractivity contribution is 0.585. The third-order valence-electron chi connectivity index (χ3n) is 4.41. The first-order valence-electron chi connectivity index (χ1n) is 7.82. The van der Waals surface area contributed by atoms with Gasteiger partial charge in [0.15, 0.2) is 0 Å². The third kappa shape index (κ3) is 2.31. The van der Waals surface area contributed by atoms with E-state index in [9.17, 15) is 0 Å². The van der Waals surface area contributed by atoms with Gasteiger partial charge in [-0.3, -0.25) is 0 Å². The molecule has 0 nitrogen and oxygen atoms in total. The molecule has 0 aromatic heterocycles. The Morgan fingerprint density at radius 1 is 0.571 bits per heavy atom. The summed E-state index contributed by atoms with van der Waals surface area (Å²) in [5, 5.41) is 0. The van der Waals surface area contributed by atoms with Gasteiger partial charge < -0.3 is 0 Å². The van der Waals surface area contributed by atoms with E-state index in [0.29, 0.717) is 0 Å². The second-order valence-corrected chi connectivity index (χ2v) is 8.18. The van der Waals surface area contributed by atoms with Crippen LogP contribution in [0.3, 0.4) is 0 Å². The lowest BCUT2D eigenvalue weighted by Crippen LogP contribution is -2.14. The number of hydrogen-bond acceptors (Lipinski definition) is 0. The minimum atomic E-state index is 0.172. The molecule has 0 spiro atoms.